The number of benzene rings is 13. The summed E-state index contributed by atoms with van der Waals surface area (Å²) in [6.07, 6.45) is 0. The largest absolute Gasteiger partial charge is 0.355 e. The molecule has 2 N–H and O–H groups in total. The molecule has 6 nitrogen and oxygen atoms in total. The molecule has 13 rings (SSSR count). The molecule has 506 valence electrons. The van der Waals surface area contributed by atoms with Gasteiger partial charge in [-0.05, 0) is 290 Å². The zero-order valence-corrected chi connectivity index (χ0v) is 63.3. The Labute approximate surface area is 624 Å². The molecule has 0 aliphatic heterocycles. The van der Waals surface area contributed by atoms with Crippen molar-refractivity contribution < 1.29 is 2.85 Å². The fourth-order valence-corrected chi connectivity index (χ4v) is 14.9. The van der Waals surface area contributed by atoms with Crippen molar-refractivity contribution in [3.63, 3.8) is 0 Å². The monoisotopic (exact) mass is 1480 g/mol. The maximum Gasteiger partial charge on any atom is 0.0520 e. The van der Waals surface area contributed by atoms with Crippen LogP contribution in [0, 0.1) is 86.7 Å². The molecular weight excluding hydrogens is 1400 g/mol. The van der Waals surface area contributed by atoms with Gasteiger partial charge in [-0.2, -0.15) is 0 Å². The Bertz CT molecular complexity index is 4630. The smallest absolute Gasteiger partial charge is 0.0520 e. The van der Waals surface area contributed by atoms with Gasteiger partial charge < -0.3 is 30.2 Å². The number of rotatable bonds is 16. The summed E-state index contributed by atoms with van der Waals surface area (Å²) in [6, 6.07) is 97.6. The minimum atomic E-state index is 0. The van der Waals surface area contributed by atoms with Gasteiger partial charge in [-0.1, -0.05) is 197 Å². The highest BCUT2D eigenvalue weighted by Crippen LogP contribution is 2.49. The van der Waals surface area contributed by atoms with E-state index < -0.39 is 0 Å². The molecule has 10 heteroatoms. The Morgan fingerprint density at radius 2 is 0.500 bits per heavy atom. The highest BCUT2D eigenvalue weighted by atomic mass is 127. The van der Waals surface area contributed by atoms with Gasteiger partial charge in [-0.15, -0.1) is 0 Å². The Kier molecular flexibility index (Phi) is 23.3. The van der Waals surface area contributed by atoms with Crippen LogP contribution in [0.3, 0.4) is 0 Å². The predicted molar refractivity (Wildman–Crippen MR) is 446 cm³/mol. The first kappa shape index (κ1) is 71.5. The Hall–Kier alpha value is -9.74. The molecule has 0 saturated heterocycles. The van der Waals surface area contributed by atoms with Gasteiger partial charge in [-0.25, -0.2) is 0 Å². The van der Waals surface area contributed by atoms with E-state index in [1.807, 2.05) is 60.7 Å². The molecule has 0 unspecified atom stereocenters. The third-order valence-electron chi connectivity index (χ3n) is 17.4. The van der Waals surface area contributed by atoms with Crippen LogP contribution in [0.2, 0.25) is 15.1 Å². The van der Waals surface area contributed by atoms with Gasteiger partial charge in [0.05, 0.1) is 34.1 Å². The summed E-state index contributed by atoms with van der Waals surface area (Å²) < 4.78 is 1.18. The van der Waals surface area contributed by atoms with E-state index in [0.717, 1.165) is 96.0 Å². The number of anilines is 16. The van der Waals surface area contributed by atoms with Crippen molar-refractivity contribution in [2.24, 2.45) is 0 Å². The topological polar surface area (TPSA) is 37.0 Å². The van der Waals surface area contributed by atoms with Gasteiger partial charge in [-0.3, -0.25) is 0 Å². The zero-order valence-electron chi connectivity index (χ0n) is 58.9. The molecule has 0 radical (unpaired) electrons. The molecule has 13 aromatic rings. The number of para-hydroxylation sites is 4. The Morgan fingerprint density at radius 1 is 0.240 bits per heavy atom. The second-order valence-corrected chi connectivity index (χ2v) is 28.4. The molecule has 0 atom stereocenters. The second-order valence-electron chi connectivity index (χ2n) is 25.9. The van der Waals surface area contributed by atoms with Crippen molar-refractivity contribution in [3.8, 4) is 0 Å². The molecule has 13 aromatic carbocycles. The summed E-state index contributed by atoms with van der Waals surface area (Å²) in [5.41, 5.74) is 31.5. The number of nitrogens with one attached hydrogen (secondary N) is 2. The van der Waals surface area contributed by atoms with Crippen LogP contribution in [0.15, 0.2) is 279 Å². The van der Waals surface area contributed by atoms with Crippen LogP contribution >= 0.6 is 57.4 Å². The predicted octanol–water partition coefficient (Wildman–Crippen LogP) is 29.2. The third kappa shape index (κ3) is 17.4. The molecular formula is C90H88Cl3IN6. The summed E-state index contributed by atoms with van der Waals surface area (Å²) in [7, 11) is 0. The van der Waals surface area contributed by atoms with E-state index in [1.165, 1.54) is 70.3 Å². The Balaban J connectivity index is 0.000000217. The molecule has 0 aliphatic rings. The first-order valence-electron chi connectivity index (χ1n) is 33.6. The molecule has 0 fully saturated rings. The molecule has 0 heterocycles. The number of halogens is 4. The van der Waals surface area contributed by atoms with Gasteiger partial charge in [0, 0.05) is 78.4 Å². The van der Waals surface area contributed by atoms with Crippen LogP contribution in [-0.4, -0.2) is 0 Å². The minimum Gasteiger partial charge on any atom is -0.355 e. The first-order chi connectivity index (χ1) is 48.1. The molecule has 0 aromatic heterocycles. The summed E-state index contributed by atoms with van der Waals surface area (Å²) in [4.78, 5) is 9.33. The molecule has 0 aliphatic carbocycles. The van der Waals surface area contributed by atoms with Crippen molar-refractivity contribution in [1.29, 1.82) is 0 Å². The van der Waals surface area contributed by atoms with E-state index in [9.17, 15) is 0 Å². The lowest BCUT2D eigenvalue weighted by Gasteiger charge is -2.35. The van der Waals surface area contributed by atoms with Crippen LogP contribution in [0.5, 0.6) is 0 Å². The normalized spacial score (nSPS) is 10.8. The van der Waals surface area contributed by atoms with Gasteiger partial charge in [0.15, 0.2) is 0 Å². The fourth-order valence-electron chi connectivity index (χ4n) is 13.7. The van der Waals surface area contributed by atoms with Crippen molar-refractivity contribution >= 4 is 148 Å². The maximum atomic E-state index is 6.76. The standard InChI is InChI=1S/C48H43Cl2N3.C36H37N3.C6H4ClI.2H2/c1-32-23-34(3)47(35(4)24-32)52(42-21-13-15-38(49)27-42)45-29-44(51(40-17-9-7-10-18-40)41-19-11-8-12-20-41)30-46(31-45)53(43-22-14-16-39(50)28-43)48-36(5)25-33(2)26-37(48)6;1-24-17-26(3)35(27(4)18-24)37-30-21-31(38-36-28(5)19-25(2)20-29(36)6)23-34(22-30)39(32-13-9-7-10-14-32)33-15-11-8-12-16-33;7-5-2-1-3-6(8)4-5;;/h7-31H,1-6H3;7-23,37-38H,1-6H3;1-4H;2*1H. The summed E-state index contributed by atoms with van der Waals surface area (Å²) in [6.45, 7) is 26.0. The number of nitrogens with zero attached hydrogens (tertiary/aromatic N) is 4. The lowest BCUT2D eigenvalue weighted by molar-refractivity contribution is 1.17. The van der Waals surface area contributed by atoms with Gasteiger partial charge in [0.1, 0.15) is 0 Å². The van der Waals surface area contributed by atoms with E-state index in [-0.39, 0.29) is 2.85 Å². The van der Waals surface area contributed by atoms with Crippen molar-refractivity contribution in [1.82, 2.24) is 0 Å². The highest BCUT2D eigenvalue weighted by molar-refractivity contribution is 14.1. The van der Waals surface area contributed by atoms with E-state index in [2.05, 4.69) is 354 Å². The highest BCUT2D eigenvalue weighted by Gasteiger charge is 2.26. The van der Waals surface area contributed by atoms with Gasteiger partial charge >= 0.3 is 0 Å². The van der Waals surface area contributed by atoms with E-state index in [1.54, 1.807) is 0 Å². The van der Waals surface area contributed by atoms with Crippen molar-refractivity contribution in [3.05, 3.63) is 364 Å². The van der Waals surface area contributed by atoms with Gasteiger partial charge in [0.2, 0.25) is 0 Å². The Morgan fingerprint density at radius 3 is 0.780 bits per heavy atom. The van der Waals surface area contributed by atoms with Gasteiger partial charge in [0.25, 0.3) is 0 Å². The molecule has 0 spiro atoms. The average molecular weight is 1490 g/mol. The van der Waals surface area contributed by atoms with E-state index in [4.69, 9.17) is 34.8 Å². The second kappa shape index (κ2) is 32.5. The summed E-state index contributed by atoms with van der Waals surface area (Å²) in [5, 5.41) is 9.68. The lowest BCUT2D eigenvalue weighted by atomic mass is 10.0. The van der Waals surface area contributed by atoms with E-state index in [0.29, 0.717) is 10.0 Å². The first-order valence-corrected chi connectivity index (χ1v) is 35.8. The third-order valence-corrected chi connectivity index (χ3v) is 18.8. The number of hydrogen-bond donors (Lipinski definition) is 2. The van der Waals surface area contributed by atoms with Crippen molar-refractivity contribution in [2.75, 3.05) is 30.2 Å². The van der Waals surface area contributed by atoms with Crippen molar-refractivity contribution in [2.45, 2.75) is 83.1 Å². The van der Waals surface area contributed by atoms with Crippen LogP contribution in [0.25, 0.3) is 0 Å². The number of hydrogen-bond acceptors (Lipinski definition) is 6. The van der Waals surface area contributed by atoms with Crippen LogP contribution < -0.4 is 30.2 Å². The lowest BCUT2D eigenvalue weighted by Crippen LogP contribution is -2.18. The molecule has 0 saturated carbocycles. The molecule has 100 heavy (non-hydrogen) atoms. The minimum absolute atomic E-state index is 0. The van der Waals surface area contributed by atoms with Crippen LogP contribution in [0.1, 0.15) is 69.6 Å². The molecule has 0 bridgehead atoms. The summed E-state index contributed by atoms with van der Waals surface area (Å²) in [5.74, 6) is 0. The SMILES string of the molecule is Cc1cc(C)c(N(c2cccc(Cl)c2)c2cc(N(c3ccccc3)c3ccccc3)cc(N(c3cccc(Cl)c3)c3c(C)cc(C)cc3C)c2)c(C)c1.Cc1cc(C)c(Nc2cc(Nc3c(C)cc(C)cc3C)cc(N(c3ccccc3)c3ccccc3)c2)c(C)c1.Clc1cccc(I)c1.[HH].[HH]. The van der Waals surface area contributed by atoms with E-state index >= 15 is 0 Å². The average Bonchev–Trinajstić information content (AvgIpc) is 0.762. The zero-order chi connectivity index (χ0) is 70.7. The summed E-state index contributed by atoms with van der Waals surface area (Å²) >= 11 is 21.4. The van der Waals surface area contributed by atoms with Crippen LogP contribution in [0.4, 0.5) is 91.0 Å². The quantitative estimate of drug-likeness (QED) is 0.0939. The fraction of sp³-hybridized carbons (Fsp3) is 0.133. The van der Waals surface area contributed by atoms with Crippen LogP contribution in [-0.2, 0) is 0 Å². The molecule has 0 amide bonds. The maximum absolute atomic E-state index is 6.76. The number of aryl methyl sites for hydroxylation is 12.